The second-order valence-electron chi connectivity index (χ2n) is 6.95. The normalized spacial score (nSPS) is 14.9. The van der Waals surface area contributed by atoms with Crippen LogP contribution >= 0.6 is 11.6 Å². The topological polar surface area (TPSA) is 69.7 Å². The monoisotopic (exact) mass is 421 g/mol. The molecule has 0 atom stereocenters. The molecule has 1 N–H and O–H groups in total. The number of carbonyl (C=O) groups is 1. The van der Waals surface area contributed by atoms with Gasteiger partial charge < -0.3 is 10.2 Å². The molecule has 2 aromatic carbocycles. The summed E-state index contributed by atoms with van der Waals surface area (Å²) < 4.78 is 26.3. The Morgan fingerprint density at radius 2 is 1.75 bits per heavy atom. The van der Waals surface area contributed by atoms with Gasteiger partial charge >= 0.3 is 0 Å². The lowest BCUT2D eigenvalue weighted by Gasteiger charge is -2.30. The first-order valence-corrected chi connectivity index (χ1v) is 11.0. The van der Waals surface area contributed by atoms with Crippen molar-refractivity contribution in [3.8, 4) is 0 Å². The minimum absolute atomic E-state index is 0.0857. The van der Waals surface area contributed by atoms with Crippen molar-refractivity contribution >= 4 is 38.9 Å². The molecular formula is C20H24ClN3O3S. The van der Waals surface area contributed by atoms with Crippen molar-refractivity contribution in [2.75, 3.05) is 37.4 Å². The number of para-hydroxylation sites is 1. The summed E-state index contributed by atoms with van der Waals surface area (Å²) in [5.41, 5.74) is 1.55. The van der Waals surface area contributed by atoms with E-state index in [1.54, 1.807) is 36.4 Å². The second-order valence-corrected chi connectivity index (χ2v) is 9.51. The van der Waals surface area contributed by atoms with E-state index in [9.17, 15) is 13.2 Å². The van der Waals surface area contributed by atoms with Crippen LogP contribution in [0.1, 0.15) is 29.6 Å². The van der Waals surface area contributed by atoms with E-state index in [1.807, 2.05) is 0 Å². The number of hydrogen-bond donors (Lipinski definition) is 1. The molecule has 28 heavy (non-hydrogen) atoms. The Labute approximate surface area is 171 Å². The van der Waals surface area contributed by atoms with Crippen molar-refractivity contribution in [1.29, 1.82) is 0 Å². The SMILES string of the molecule is CN(C)S(=O)(=O)c1ccc(N2CCCCC2)c(C(=O)Nc2ccccc2Cl)c1. The molecular weight excluding hydrogens is 398 g/mol. The van der Waals surface area contributed by atoms with Crippen LogP contribution in [0.4, 0.5) is 11.4 Å². The molecule has 1 fully saturated rings. The van der Waals surface area contributed by atoms with Gasteiger partial charge in [-0.1, -0.05) is 23.7 Å². The number of hydrogen-bond acceptors (Lipinski definition) is 4. The third-order valence-corrected chi connectivity index (χ3v) is 6.95. The molecule has 0 aromatic heterocycles. The lowest BCUT2D eigenvalue weighted by Crippen LogP contribution is -2.32. The molecule has 1 saturated heterocycles. The Morgan fingerprint density at radius 3 is 2.39 bits per heavy atom. The molecule has 1 aliphatic rings. The van der Waals surface area contributed by atoms with Gasteiger partial charge in [0.2, 0.25) is 10.0 Å². The summed E-state index contributed by atoms with van der Waals surface area (Å²) in [6.07, 6.45) is 3.25. The number of halogens is 1. The van der Waals surface area contributed by atoms with E-state index in [1.165, 1.54) is 20.2 Å². The first-order chi connectivity index (χ1) is 13.3. The van der Waals surface area contributed by atoms with Crippen LogP contribution in [-0.2, 0) is 10.0 Å². The molecule has 3 rings (SSSR count). The highest BCUT2D eigenvalue weighted by Crippen LogP contribution is 2.29. The average molecular weight is 422 g/mol. The van der Waals surface area contributed by atoms with Crippen molar-refractivity contribution in [3.05, 3.63) is 53.1 Å². The quantitative estimate of drug-likeness (QED) is 0.796. The van der Waals surface area contributed by atoms with Gasteiger partial charge in [-0.2, -0.15) is 0 Å². The molecule has 0 spiro atoms. The second kappa shape index (κ2) is 8.51. The third-order valence-electron chi connectivity index (χ3n) is 4.81. The van der Waals surface area contributed by atoms with E-state index >= 15 is 0 Å². The van der Waals surface area contributed by atoms with Crippen molar-refractivity contribution in [2.45, 2.75) is 24.2 Å². The molecule has 0 aliphatic carbocycles. The first kappa shape index (κ1) is 20.6. The number of nitrogens with one attached hydrogen (secondary N) is 1. The standard InChI is InChI=1S/C20H24ClN3O3S/c1-23(2)28(26,27)15-10-11-19(24-12-6-3-7-13-24)16(14-15)20(25)22-18-9-5-4-8-17(18)21/h4-5,8-11,14H,3,6-7,12-13H2,1-2H3,(H,22,25). The number of carbonyl (C=O) groups excluding carboxylic acids is 1. The molecule has 1 heterocycles. The smallest absolute Gasteiger partial charge is 0.257 e. The Balaban J connectivity index is 2.03. The summed E-state index contributed by atoms with van der Waals surface area (Å²) in [4.78, 5) is 15.3. The van der Waals surface area contributed by atoms with E-state index in [4.69, 9.17) is 11.6 Å². The Morgan fingerprint density at radius 1 is 1.07 bits per heavy atom. The molecule has 1 amide bonds. The van der Waals surface area contributed by atoms with Gasteiger partial charge in [-0.05, 0) is 49.6 Å². The molecule has 0 unspecified atom stereocenters. The minimum Gasteiger partial charge on any atom is -0.371 e. The number of piperidine rings is 1. The van der Waals surface area contributed by atoms with E-state index < -0.39 is 10.0 Å². The van der Waals surface area contributed by atoms with Crippen LogP contribution < -0.4 is 10.2 Å². The van der Waals surface area contributed by atoms with Gasteiger partial charge in [0.05, 0.1) is 21.2 Å². The summed E-state index contributed by atoms with van der Waals surface area (Å²) in [5, 5.41) is 3.23. The largest absolute Gasteiger partial charge is 0.371 e. The zero-order valence-electron chi connectivity index (χ0n) is 16.0. The van der Waals surface area contributed by atoms with Gasteiger partial charge in [-0.25, -0.2) is 12.7 Å². The fourth-order valence-electron chi connectivity index (χ4n) is 3.23. The van der Waals surface area contributed by atoms with Crippen molar-refractivity contribution in [2.24, 2.45) is 0 Å². The van der Waals surface area contributed by atoms with Crippen molar-refractivity contribution < 1.29 is 13.2 Å². The van der Waals surface area contributed by atoms with Crippen molar-refractivity contribution in [3.63, 3.8) is 0 Å². The molecule has 0 radical (unpaired) electrons. The van der Waals surface area contributed by atoms with Gasteiger partial charge in [0.1, 0.15) is 0 Å². The molecule has 0 bridgehead atoms. The molecule has 150 valence electrons. The molecule has 1 aliphatic heterocycles. The highest BCUT2D eigenvalue weighted by atomic mass is 35.5. The fourth-order valence-corrected chi connectivity index (χ4v) is 4.34. The maximum atomic E-state index is 13.1. The van der Waals surface area contributed by atoms with Crippen LogP contribution in [0, 0.1) is 0 Å². The zero-order valence-corrected chi connectivity index (χ0v) is 17.6. The van der Waals surface area contributed by atoms with Crippen LogP contribution in [0.5, 0.6) is 0 Å². The number of amides is 1. The minimum atomic E-state index is -3.65. The van der Waals surface area contributed by atoms with Crippen LogP contribution in [0.25, 0.3) is 0 Å². The first-order valence-electron chi connectivity index (χ1n) is 9.18. The average Bonchev–Trinajstić information content (AvgIpc) is 2.69. The van der Waals surface area contributed by atoms with E-state index in [2.05, 4.69) is 10.2 Å². The summed E-state index contributed by atoms with van der Waals surface area (Å²) >= 11 is 6.16. The molecule has 0 saturated carbocycles. The van der Waals surface area contributed by atoms with Crippen LogP contribution in [0.3, 0.4) is 0 Å². The Hall–Kier alpha value is -2.09. The summed E-state index contributed by atoms with van der Waals surface area (Å²) in [5.74, 6) is -0.385. The van der Waals surface area contributed by atoms with Gasteiger partial charge in [0.15, 0.2) is 0 Å². The lowest BCUT2D eigenvalue weighted by molar-refractivity contribution is 0.102. The maximum absolute atomic E-state index is 13.1. The number of anilines is 2. The number of benzene rings is 2. The Kier molecular flexibility index (Phi) is 6.27. The Bertz CT molecular complexity index is 970. The summed E-state index contributed by atoms with van der Waals surface area (Å²) in [6, 6.07) is 11.7. The zero-order chi connectivity index (χ0) is 20.3. The van der Waals surface area contributed by atoms with E-state index in [-0.39, 0.29) is 10.8 Å². The molecule has 2 aromatic rings. The lowest BCUT2D eigenvalue weighted by atomic mass is 10.1. The van der Waals surface area contributed by atoms with E-state index in [0.717, 1.165) is 42.3 Å². The summed E-state index contributed by atoms with van der Waals surface area (Å²) in [7, 11) is -0.713. The van der Waals surface area contributed by atoms with Gasteiger partial charge in [-0.15, -0.1) is 0 Å². The van der Waals surface area contributed by atoms with Gasteiger partial charge in [0.25, 0.3) is 5.91 Å². The summed E-state index contributed by atoms with van der Waals surface area (Å²) in [6.45, 7) is 1.68. The number of rotatable bonds is 5. The predicted molar refractivity (Wildman–Crippen MR) is 113 cm³/mol. The van der Waals surface area contributed by atoms with Crippen LogP contribution in [0.2, 0.25) is 5.02 Å². The van der Waals surface area contributed by atoms with Gasteiger partial charge in [-0.3, -0.25) is 4.79 Å². The predicted octanol–water partition coefficient (Wildman–Crippen LogP) is 3.83. The van der Waals surface area contributed by atoms with Crippen LogP contribution in [0.15, 0.2) is 47.4 Å². The highest BCUT2D eigenvalue weighted by molar-refractivity contribution is 7.89. The van der Waals surface area contributed by atoms with Crippen LogP contribution in [-0.4, -0.2) is 45.8 Å². The van der Waals surface area contributed by atoms with E-state index in [0.29, 0.717) is 16.3 Å². The van der Waals surface area contributed by atoms with Crippen molar-refractivity contribution in [1.82, 2.24) is 4.31 Å². The fraction of sp³-hybridized carbons (Fsp3) is 0.350. The molecule has 8 heteroatoms. The highest BCUT2D eigenvalue weighted by Gasteiger charge is 2.24. The number of sulfonamides is 1. The third kappa shape index (κ3) is 4.32. The van der Waals surface area contributed by atoms with Gasteiger partial charge in [0, 0.05) is 32.9 Å². The molecule has 6 nitrogen and oxygen atoms in total. The maximum Gasteiger partial charge on any atom is 0.257 e. The number of nitrogens with zero attached hydrogens (tertiary/aromatic N) is 2.